The maximum absolute atomic E-state index is 12.4. The quantitative estimate of drug-likeness (QED) is 0.862. The number of anilines is 1. The van der Waals surface area contributed by atoms with Gasteiger partial charge in [-0.25, -0.2) is 4.63 Å². The fourth-order valence-corrected chi connectivity index (χ4v) is 2.85. The van der Waals surface area contributed by atoms with E-state index in [2.05, 4.69) is 38.9 Å². The minimum Gasteiger partial charge on any atom is -0.365 e. The van der Waals surface area contributed by atoms with Crippen LogP contribution in [0.1, 0.15) is 18.3 Å². The normalized spacial score (nSPS) is 18.5. The lowest BCUT2D eigenvalue weighted by molar-refractivity contribution is -0.131. The van der Waals surface area contributed by atoms with Gasteiger partial charge < -0.3 is 9.80 Å². The van der Waals surface area contributed by atoms with Gasteiger partial charge in [-0.2, -0.15) is 0 Å². The molecule has 0 bridgehead atoms. The Bertz CT molecular complexity index is 641. The Morgan fingerprint density at radius 3 is 2.68 bits per heavy atom. The average molecular weight is 300 g/mol. The van der Waals surface area contributed by atoms with Gasteiger partial charge in [0.2, 0.25) is 5.91 Å². The molecule has 2 aromatic rings. The number of nitrogens with zero attached hydrogens (tertiary/aromatic N) is 4. The smallest absolute Gasteiger partial charge is 0.228 e. The number of amides is 1. The van der Waals surface area contributed by atoms with Crippen LogP contribution in [0.2, 0.25) is 0 Å². The van der Waals surface area contributed by atoms with Gasteiger partial charge in [-0.3, -0.25) is 4.79 Å². The molecule has 0 aliphatic carbocycles. The van der Waals surface area contributed by atoms with E-state index >= 15 is 0 Å². The van der Waals surface area contributed by atoms with Crippen LogP contribution in [0, 0.1) is 6.92 Å². The lowest BCUT2D eigenvalue weighted by Crippen LogP contribution is -2.54. The molecule has 2 heterocycles. The van der Waals surface area contributed by atoms with Crippen molar-refractivity contribution < 1.29 is 9.42 Å². The third-order valence-electron chi connectivity index (χ3n) is 4.13. The minimum absolute atomic E-state index is 0.0818. The maximum Gasteiger partial charge on any atom is 0.228 e. The van der Waals surface area contributed by atoms with E-state index in [0.717, 1.165) is 19.6 Å². The zero-order valence-electron chi connectivity index (χ0n) is 12.9. The van der Waals surface area contributed by atoms with Crippen molar-refractivity contribution in [1.82, 2.24) is 15.2 Å². The Morgan fingerprint density at radius 1 is 1.27 bits per heavy atom. The number of benzene rings is 1. The van der Waals surface area contributed by atoms with Crippen LogP contribution in [0.25, 0.3) is 0 Å². The molecule has 1 unspecified atom stereocenters. The molecule has 1 saturated heterocycles. The van der Waals surface area contributed by atoms with E-state index in [1.807, 2.05) is 23.1 Å². The second-order valence-electron chi connectivity index (χ2n) is 5.69. The summed E-state index contributed by atoms with van der Waals surface area (Å²) < 4.78 is 4.65. The van der Waals surface area contributed by atoms with E-state index in [0.29, 0.717) is 11.4 Å². The van der Waals surface area contributed by atoms with Gasteiger partial charge in [-0.1, -0.05) is 28.5 Å². The van der Waals surface area contributed by atoms with E-state index < -0.39 is 0 Å². The van der Waals surface area contributed by atoms with Crippen LogP contribution in [0.3, 0.4) is 0 Å². The summed E-state index contributed by atoms with van der Waals surface area (Å²) in [7, 11) is 0. The van der Waals surface area contributed by atoms with E-state index in [4.69, 9.17) is 0 Å². The number of piperazine rings is 1. The summed E-state index contributed by atoms with van der Waals surface area (Å²) in [6.45, 7) is 6.23. The van der Waals surface area contributed by atoms with Gasteiger partial charge in [0.25, 0.3) is 0 Å². The van der Waals surface area contributed by atoms with Crippen LogP contribution in [0.5, 0.6) is 0 Å². The third kappa shape index (κ3) is 2.95. The van der Waals surface area contributed by atoms with Gasteiger partial charge in [0.1, 0.15) is 11.4 Å². The van der Waals surface area contributed by atoms with Crippen LogP contribution >= 0.6 is 0 Å². The number of aryl methyl sites for hydroxylation is 1. The number of aromatic nitrogens is 2. The SMILES string of the molecule is Cc1nonc1CC(=O)N1CCN(c2ccccc2)C(C)C1. The van der Waals surface area contributed by atoms with Crippen LogP contribution < -0.4 is 4.90 Å². The Kier molecular flexibility index (Phi) is 4.09. The molecule has 1 aliphatic heterocycles. The first kappa shape index (κ1) is 14.6. The Labute approximate surface area is 129 Å². The summed E-state index contributed by atoms with van der Waals surface area (Å²) >= 11 is 0. The highest BCUT2D eigenvalue weighted by Gasteiger charge is 2.27. The van der Waals surface area contributed by atoms with Crippen LogP contribution in [-0.4, -0.2) is 46.8 Å². The summed E-state index contributed by atoms with van der Waals surface area (Å²) in [5.41, 5.74) is 2.52. The van der Waals surface area contributed by atoms with E-state index in [9.17, 15) is 4.79 Å². The summed E-state index contributed by atoms with van der Waals surface area (Å²) in [4.78, 5) is 16.6. The highest BCUT2D eigenvalue weighted by molar-refractivity contribution is 5.79. The lowest BCUT2D eigenvalue weighted by atomic mass is 10.1. The molecule has 0 saturated carbocycles. The van der Waals surface area contributed by atoms with Crippen LogP contribution in [0.15, 0.2) is 35.0 Å². The molecule has 22 heavy (non-hydrogen) atoms. The van der Waals surface area contributed by atoms with Crippen molar-refractivity contribution in [2.24, 2.45) is 0 Å². The van der Waals surface area contributed by atoms with Crippen molar-refractivity contribution in [2.75, 3.05) is 24.5 Å². The highest BCUT2D eigenvalue weighted by atomic mass is 16.6. The summed E-state index contributed by atoms with van der Waals surface area (Å²) in [6.07, 6.45) is 0.257. The second-order valence-corrected chi connectivity index (χ2v) is 5.69. The predicted molar refractivity (Wildman–Crippen MR) is 82.6 cm³/mol. The Hall–Kier alpha value is -2.37. The molecule has 1 aliphatic rings. The van der Waals surface area contributed by atoms with Crippen molar-refractivity contribution in [3.63, 3.8) is 0 Å². The largest absolute Gasteiger partial charge is 0.365 e. The summed E-state index contributed by atoms with van der Waals surface area (Å²) in [5, 5.41) is 7.50. The molecule has 0 radical (unpaired) electrons. The van der Waals surface area contributed by atoms with Gasteiger partial charge in [0, 0.05) is 31.4 Å². The molecule has 1 atom stereocenters. The fraction of sp³-hybridized carbons (Fsp3) is 0.438. The van der Waals surface area contributed by atoms with Crippen molar-refractivity contribution in [1.29, 1.82) is 0 Å². The van der Waals surface area contributed by atoms with Crippen LogP contribution in [-0.2, 0) is 11.2 Å². The molecule has 1 fully saturated rings. The number of hydrogen-bond donors (Lipinski definition) is 0. The molecule has 0 N–H and O–H groups in total. The van der Waals surface area contributed by atoms with E-state index in [1.165, 1.54) is 5.69 Å². The van der Waals surface area contributed by atoms with Gasteiger partial charge in [-0.05, 0) is 26.0 Å². The monoisotopic (exact) mass is 300 g/mol. The van der Waals surface area contributed by atoms with Gasteiger partial charge >= 0.3 is 0 Å². The van der Waals surface area contributed by atoms with Crippen LogP contribution in [0.4, 0.5) is 5.69 Å². The van der Waals surface area contributed by atoms with E-state index in [1.54, 1.807) is 6.92 Å². The molecule has 116 valence electrons. The molecular formula is C16H20N4O2. The molecule has 1 aromatic heterocycles. The first-order valence-corrected chi connectivity index (χ1v) is 7.52. The van der Waals surface area contributed by atoms with Crippen molar-refractivity contribution in [3.05, 3.63) is 41.7 Å². The molecule has 6 nitrogen and oxygen atoms in total. The first-order chi connectivity index (χ1) is 10.6. The highest BCUT2D eigenvalue weighted by Crippen LogP contribution is 2.20. The second kappa shape index (κ2) is 6.17. The molecule has 1 amide bonds. The topological polar surface area (TPSA) is 62.5 Å². The minimum atomic E-state index is 0.0818. The molecule has 1 aromatic carbocycles. The van der Waals surface area contributed by atoms with Gasteiger partial charge in [-0.15, -0.1) is 0 Å². The zero-order valence-corrected chi connectivity index (χ0v) is 12.9. The number of carbonyl (C=O) groups is 1. The number of hydrogen-bond acceptors (Lipinski definition) is 5. The van der Waals surface area contributed by atoms with Gasteiger partial charge in [0.15, 0.2) is 0 Å². The molecule has 3 rings (SSSR count). The fourth-order valence-electron chi connectivity index (χ4n) is 2.85. The standard InChI is InChI=1S/C16H20N4O2/c1-12-11-19(16(21)10-15-13(2)17-22-18-15)8-9-20(12)14-6-4-3-5-7-14/h3-7,12H,8-11H2,1-2H3. The first-order valence-electron chi connectivity index (χ1n) is 7.52. The molecule has 6 heteroatoms. The summed E-state index contributed by atoms with van der Waals surface area (Å²) in [6, 6.07) is 10.6. The lowest BCUT2D eigenvalue weighted by Gasteiger charge is -2.41. The van der Waals surface area contributed by atoms with Gasteiger partial charge in [0.05, 0.1) is 6.42 Å². The molecular weight excluding hydrogens is 280 g/mol. The zero-order chi connectivity index (χ0) is 15.5. The predicted octanol–water partition coefficient (Wildman–Crippen LogP) is 1.66. The Balaban J connectivity index is 1.62. The molecule has 0 spiro atoms. The number of carbonyl (C=O) groups excluding carboxylic acids is 1. The van der Waals surface area contributed by atoms with Crippen molar-refractivity contribution in [2.45, 2.75) is 26.3 Å². The van der Waals surface area contributed by atoms with Crippen molar-refractivity contribution in [3.8, 4) is 0 Å². The average Bonchev–Trinajstić information content (AvgIpc) is 2.93. The third-order valence-corrected chi connectivity index (χ3v) is 4.13. The number of para-hydroxylation sites is 1. The van der Waals surface area contributed by atoms with Crippen molar-refractivity contribution >= 4 is 11.6 Å². The Morgan fingerprint density at radius 2 is 2.05 bits per heavy atom. The van der Waals surface area contributed by atoms with E-state index in [-0.39, 0.29) is 18.4 Å². The summed E-state index contributed by atoms with van der Waals surface area (Å²) in [5.74, 6) is 0.0818. The number of rotatable bonds is 3. The maximum atomic E-state index is 12.4.